The van der Waals surface area contributed by atoms with Gasteiger partial charge in [0.2, 0.25) is 0 Å². The number of aromatic nitrogens is 2. The van der Waals surface area contributed by atoms with Crippen LogP contribution in [-0.4, -0.2) is 22.6 Å². The van der Waals surface area contributed by atoms with Crippen LogP contribution in [0.4, 0.5) is 4.39 Å². The number of hydrogen-bond donors (Lipinski definition) is 1. The molecule has 3 aromatic rings. The van der Waals surface area contributed by atoms with Gasteiger partial charge in [0, 0.05) is 25.5 Å². The first kappa shape index (κ1) is 16.7. The van der Waals surface area contributed by atoms with Gasteiger partial charge < -0.3 is 14.6 Å². The molecular weight excluding hydrogens is 321 g/mol. The van der Waals surface area contributed by atoms with E-state index < -0.39 is 5.82 Å². The molecule has 0 aliphatic carbocycles. The normalized spacial score (nSPS) is 10.5. The van der Waals surface area contributed by atoms with Crippen LogP contribution in [0.1, 0.15) is 21.5 Å². The van der Waals surface area contributed by atoms with Gasteiger partial charge in [-0.15, -0.1) is 0 Å². The van der Waals surface area contributed by atoms with Crippen molar-refractivity contribution in [2.75, 3.05) is 7.11 Å². The second kappa shape index (κ2) is 7.61. The Hall–Kier alpha value is -3.15. The summed E-state index contributed by atoms with van der Waals surface area (Å²) in [7, 11) is 1.45. The van der Waals surface area contributed by atoms with Crippen LogP contribution in [0.2, 0.25) is 0 Å². The lowest BCUT2D eigenvalue weighted by Gasteiger charge is -2.10. The topological polar surface area (TPSA) is 56.1 Å². The highest BCUT2D eigenvalue weighted by Crippen LogP contribution is 2.19. The van der Waals surface area contributed by atoms with Gasteiger partial charge in [-0.1, -0.05) is 24.3 Å². The summed E-state index contributed by atoms with van der Waals surface area (Å²) < 4.78 is 20.4. The van der Waals surface area contributed by atoms with Crippen molar-refractivity contribution in [3.63, 3.8) is 0 Å². The van der Waals surface area contributed by atoms with E-state index >= 15 is 0 Å². The number of benzene rings is 2. The number of nitrogens with one attached hydrogen (secondary N) is 1. The van der Waals surface area contributed by atoms with Gasteiger partial charge in [-0.05, 0) is 29.3 Å². The Balaban J connectivity index is 1.61. The molecule has 1 aromatic heterocycles. The molecule has 3 rings (SSSR count). The molecule has 1 N–H and O–H groups in total. The summed E-state index contributed by atoms with van der Waals surface area (Å²) in [6, 6.07) is 11.8. The molecule has 0 unspecified atom stereocenters. The fraction of sp³-hybridized carbons (Fsp3) is 0.158. The second-order valence-corrected chi connectivity index (χ2v) is 5.58. The highest BCUT2D eigenvalue weighted by molar-refractivity contribution is 5.96. The summed E-state index contributed by atoms with van der Waals surface area (Å²) in [6.45, 7) is 1.09. The zero-order valence-electron chi connectivity index (χ0n) is 13.8. The maximum Gasteiger partial charge on any atom is 0.255 e. The molecule has 128 valence electrons. The Kier molecular flexibility index (Phi) is 5.09. The smallest absolute Gasteiger partial charge is 0.255 e. The predicted octanol–water partition coefficient (Wildman–Crippen LogP) is 3.01. The van der Waals surface area contributed by atoms with Crippen LogP contribution in [0.25, 0.3) is 0 Å². The van der Waals surface area contributed by atoms with Crippen LogP contribution >= 0.6 is 0 Å². The van der Waals surface area contributed by atoms with Crippen LogP contribution in [0.5, 0.6) is 5.75 Å². The molecule has 0 bridgehead atoms. The van der Waals surface area contributed by atoms with E-state index in [0.717, 1.165) is 17.7 Å². The molecule has 1 amide bonds. The van der Waals surface area contributed by atoms with Gasteiger partial charge in [0.15, 0.2) is 0 Å². The average molecular weight is 339 g/mol. The number of carbonyl (C=O) groups is 1. The summed E-state index contributed by atoms with van der Waals surface area (Å²) in [5.74, 6) is -0.511. The molecule has 0 aliphatic rings. The van der Waals surface area contributed by atoms with Crippen molar-refractivity contribution in [2.45, 2.75) is 13.1 Å². The first-order chi connectivity index (χ1) is 12.2. The van der Waals surface area contributed by atoms with Crippen molar-refractivity contribution >= 4 is 5.91 Å². The summed E-state index contributed by atoms with van der Waals surface area (Å²) in [6.07, 6.45) is 5.41. The molecule has 25 heavy (non-hydrogen) atoms. The van der Waals surface area contributed by atoms with Crippen molar-refractivity contribution in [2.24, 2.45) is 0 Å². The quantitative estimate of drug-likeness (QED) is 0.751. The second-order valence-electron chi connectivity index (χ2n) is 5.58. The minimum Gasteiger partial charge on any atom is -0.496 e. The van der Waals surface area contributed by atoms with Crippen molar-refractivity contribution in [1.29, 1.82) is 0 Å². The van der Waals surface area contributed by atoms with Gasteiger partial charge >= 0.3 is 0 Å². The Morgan fingerprint density at radius 3 is 2.64 bits per heavy atom. The fourth-order valence-electron chi connectivity index (χ4n) is 2.49. The van der Waals surface area contributed by atoms with Gasteiger partial charge in [-0.25, -0.2) is 9.37 Å². The molecular formula is C19H18FN3O2. The molecule has 2 aromatic carbocycles. The number of methoxy groups -OCH3 is 1. The van der Waals surface area contributed by atoms with Crippen LogP contribution < -0.4 is 10.1 Å². The Labute approximate surface area is 145 Å². The standard InChI is InChI=1S/C19H18FN3O2/c1-25-18-7-6-16(20)10-17(18)19(24)22-11-14-2-4-15(5-3-14)12-23-9-8-21-13-23/h2-10,13H,11-12H2,1H3,(H,22,24). The maximum atomic E-state index is 13.4. The van der Waals surface area contributed by atoms with Gasteiger partial charge in [0.05, 0.1) is 19.0 Å². The van der Waals surface area contributed by atoms with Crippen molar-refractivity contribution in [3.8, 4) is 5.75 Å². The SMILES string of the molecule is COc1ccc(F)cc1C(=O)NCc1ccc(Cn2ccnc2)cc1. The van der Waals surface area contributed by atoms with Crippen molar-refractivity contribution < 1.29 is 13.9 Å². The maximum absolute atomic E-state index is 13.4. The molecule has 1 heterocycles. The van der Waals surface area contributed by atoms with Crippen LogP contribution in [0, 0.1) is 5.82 Å². The van der Waals surface area contributed by atoms with Gasteiger partial charge in [0.25, 0.3) is 5.91 Å². The van der Waals surface area contributed by atoms with E-state index in [-0.39, 0.29) is 11.5 Å². The molecule has 0 atom stereocenters. The lowest BCUT2D eigenvalue weighted by molar-refractivity contribution is 0.0947. The summed E-state index contributed by atoms with van der Waals surface area (Å²) in [5, 5.41) is 2.78. The predicted molar refractivity (Wildman–Crippen MR) is 91.9 cm³/mol. The number of halogens is 1. The Morgan fingerprint density at radius 1 is 1.20 bits per heavy atom. The van der Waals surface area contributed by atoms with Crippen LogP contribution in [-0.2, 0) is 13.1 Å². The van der Waals surface area contributed by atoms with E-state index in [1.807, 2.05) is 35.0 Å². The van der Waals surface area contributed by atoms with E-state index in [1.165, 1.54) is 25.3 Å². The Bertz CT molecular complexity index is 846. The first-order valence-corrected chi connectivity index (χ1v) is 7.81. The number of ether oxygens (including phenoxy) is 1. The average Bonchev–Trinajstić information content (AvgIpc) is 3.14. The summed E-state index contributed by atoms with van der Waals surface area (Å²) in [5.41, 5.74) is 2.28. The van der Waals surface area contributed by atoms with Gasteiger partial charge in [0.1, 0.15) is 11.6 Å². The van der Waals surface area contributed by atoms with Gasteiger partial charge in [-0.2, -0.15) is 0 Å². The Morgan fingerprint density at radius 2 is 1.96 bits per heavy atom. The summed E-state index contributed by atoms with van der Waals surface area (Å²) >= 11 is 0. The third-order valence-electron chi connectivity index (χ3n) is 3.81. The number of nitrogens with zero attached hydrogens (tertiary/aromatic N) is 2. The van der Waals surface area contributed by atoms with Crippen LogP contribution in [0.15, 0.2) is 61.2 Å². The largest absolute Gasteiger partial charge is 0.496 e. The molecule has 0 saturated heterocycles. The fourth-order valence-corrected chi connectivity index (χ4v) is 2.49. The van der Waals surface area contributed by atoms with E-state index in [9.17, 15) is 9.18 Å². The van der Waals surface area contributed by atoms with Crippen molar-refractivity contribution in [3.05, 3.63) is 83.7 Å². The highest BCUT2D eigenvalue weighted by Gasteiger charge is 2.13. The molecule has 0 radical (unpaired) electrons. The van der Waals surface area contributed by atoms with E-state index in [2.05, 4.69) is 10.3 Å². The number of carbonyl (C=O) groups excluding carboxylic acids is 1. The lowest BCUT2D eigenvalue weighted by Crippen LogP contribution is -2.23. The third kappa shape index (κ3) is 4.23. The molecule has 0 spiro atoms. The minimum absolute atomic E-state index is 0.180. The first-order valence-electron chi connectivity index (χ1n) is 7.81. The molecule has 0 saturated carbocycles. The number of hydrogen-bond acceptors (Lipinski definition) is 3. The lowest BCUT2D eigenvalue weighted by atomic mass is 10.1. The zero-order chi connectivity index (χ0) is 17.6. The molecule has 0 aliphatic heterocycles. The van der Waals surface area contributed by atoms with Gasteiger partial charge in [-0.3, -0.25) is 4.79 Å². The van der Waals surface area contributed by atoms with E-state index in [4.69, 9.17) is 4.74 Å². The van der Waals surface area contributed by atoms with Crippen LogP contribution in [0.3, 0.4) is 0 Å². The molecule has 5 nitrogen and oxygen atoms in total. The summed E-state index contributed by atoms with van der Waals surface area (Å²) in [4.78, 5) is 16.3. The number of rotatable bonds is 6. The third-order valence-corrected chi connectivity index (χ3v) is 3.81. The monoisotopic (exact) mass is 339 g/mol. The molecule has 0 fully saturated rings. The van der Waals surface area contributed by atoms with Crippen molar-refractivity contribution in [1.82, 2.24) is 14.9 Å². The van der Waals surface area contributed by atoms with E-state index in [0.29, 0.717) is 12.3 Å². The minimum atomic E-state index is -0.477. The highest BCUT2D eigenvalue weighted by atomic mass is 19.1. The number of amides is 1. The number of imidazole rings is 1. The molecule has 6 heteroatoms. The van der Waals surface area contributed by atoms with E-state index in [1.54, 1.807) is 12.5 Å². The zero-order valence-corrected chi connectivity index (χ0v) is 13.8.